The lowest BCUT2D eigenvalue weighted by Crippen LogP contribution is -2.14. The maximum Gasteiger partial charge on any atom is 0.357 e. The summed E-state index contributed by atoms with van der Waals surface area (Å²) in [6.45, 7) is 0. The van der Waals surface area contributed by atoms with Gasteiger partial charge in [0.15, 0.2) is 5.69 Å². The van der Waals surface area contributed by atoms with E-state index in [2.05, 4.69) is 9.47 Å². The van der Waals surface area contributed by atoms with Gasteiger partial charge in [0.1, 0.15) is 6.07 Å². The van der Waals surface area contributed by atoms with E-state index in [1.54, 1.807) is 0 Å². The zero-order valence-electron chi connectivity index (χ0n) is 13.3. The van der Waals surface area contributed by atoms with Gasteiger partial charge in [-0.15, -0.1) is 0 Å². The average molecular weight is 343 g/mol. The molecule has 9 heteroatoms. The molecule has 128 valence electrons. The molecule has 2 rings (SSSR count). The monoisotopic (exact) mass is 343 g/mol. The average Bonchev–Trinajstić information content (AvgIpc) is 2.96. The predicted molar refractivity (Wildman–Crippen MR) is 84.5 cm³/mol. The van der Waals surface area contributed by atoms with Crippen molar-refractivity contribution in [1.29, 1.82) is 5.26 Å². The number of rotatable bonds is 4. The third kappa shape index (κ3) is 3.00. The van der Waals surface area contributed by atoms with E-state index in [9.17, 15) is 19.5 Å². The minimum absolute atomic E-state index is 0.0175. The molecule has 0 unspecified atom stereocenters. The molecule has 0 saturated carbocycles. The van der Waals surface area contributed by atoms with Crippen LogP contribution in [0.2, 0.25) is 0 Å². The predicted octanol–water partition coefficient (Wildman–Crippen LogP) is 1.20. The molecule has 1 aromatic carbocycles. The lowest BCUT2D eigenvalue weighted by Gasteiger charge is -2.12. The van der Waals surface area contributed by atoms with Crippen molar-refractivity contribution in [2.45, 2.75) is 0 Å². The number of carbonyl (C=O) groups is 3. The minimum atomic E-state index is -1.35. The minimum Gasteiger partial charge on any atom is -0.478 e. The zero-order valence-corrected chi connectivity index (χ0v) is 13.3. The molecular formula is C16H13N3O6. The molecule has 1 aromatic heterocycles. The van der Waals surface area contributed by atoms with Crippen LogP contribution in [0.5, 0.6) is 0 Å². The van der Waals surface area contributed by atoms with Gasteiger partial charge in [-0.2, -0.15) is 5.26 Å². The Hall–Kier alpha value is -3.80. The third-order valence-corrected chi connectivity index (χ3v) is 3.45. The molecule has 0 bridgehead atoms. The van der Waals surface area contributed by atoms with E-state index < -0.39 is 17.9 Å². The largest absolute Gasteiger partial charge is 0.478 e. The summed E-state index contributed by atoms with van der Waals surface area (Å²) >= 11 is 0. The molecule has 2 aromatic rings. The number of esters is 2. The first-order valence-corrected chi connectivity index (χ1v) is 6.81. The molecular weight excluding hydrogens is 330 g/mol. The van der Waals surface area contributed by atoms with Gasteiger partial charge >= 0.3 is 17.9 Å². The van der Waals surface area contributed by atoms with E-state index in [0.29, 0.717) is 0 Å². The van der Waals surface area contributed by atoms with Crippen LogP contribution < -0.4 is 5.73 Å². The molecule has 0 aliphatic heterocycles. The normalized spacial score (nSPS) is 9.96. The number of anilines is 1. The molecule has 0 spiro atoms. The second-order valence-corrected chi connectivity index (χ2v) is 4.81. The molecule has 0 radical (unpaired) electrons. The summed E-state index contributed by atoms with van der Waals surface area (Å²) in [4.78, 5) is 35.2. The van der Waals surface area contributed by atoms with Gasteiger partial charge in [0.2, 0.25) is 0 Å². The molecule has 0 aliphatic carbocycles. The van der Waals surface area contributed by atoms with Gasteiger partial charge in [-0.1, -0.05) is 0 Å². The standard InChI is InChI=1S/C16H13N3O6/c1-24-15(22)8-3-4-11(10(5-8)14(20)21)19-7-9(6-17)12(18)13(19)16(23)25-2/h3-5,7H,18H2,1-2H3,(H,20,21). The van der Waals surface area contributed by atoms with Crippen molar-refractivity contribution in [2.24, 2.45) is 0 Å². The highest BCUT2D eigenvalue weighted by atomic mass is 16.5. The van der Waals surface area contributed by atoms with Crippen molar-refractivity contribution >= 4 is 23.6 Å². The van der Waals surface area contributed by atoms with E-state index in [0.717, 1.165) is 24.9 Å². The molecule has 0 aliphatic rings. The van der Waals surface area contributed by atoms with Gasteiger partial charge in [0, 0.05) is 6.20 Å². The lowest BCUT2D eigenvalue weighted by atomic mass is 10.1. The fraction of sp³-hybridized carbons (Fsp3) is 0.125. The second kappa shape index (κ2) is 6.76. The Balaban J connectivity index is 2.78. The molecule has 25 heavy (non-hydrogen) atoms. The van der Waals surface area contributed by atoms with Gasteiger partial charge < -0.3 is 24.9 Å². The maximum atomic E-state index is 12.0. The summed E-state index contributed by atoms with van der Waals surface area (Å²) < 4.78 is 10.3. The van der Waals surface area contributed by atoms with Crippen molar-refractivity contribution in [1.82, 2.24) is 4.57 Å². The number of hydrogen-bond acceptors (Lipinski definition) is 7. The molecule has 0 fully saturated rings. The molecule has 3 N–H and O–H groups in total. The molecule has 0 atom stereocenters. The van der Waals surface area contributed by atoms with Crippen molar-refractivity contribution in [3.05, 3.63) is 46.8 Å². The number of carboxylic acids is 1. The highest BCUT2D eigenvalue weighted by Gasteiger charge is 2.25. The number of carbonyl (C=O) groups excluding carboxylic acids is 2. The topological polar surface area (TPSA) is 145 Å². The first-order chi connectivity index (χ1) is 11.8. The fourth-order valence-electron chi connectivity index (χ4n) is 2.27. The van der Waals surface area contributed by atoms with E-state index in [1.165, 1.54) is 18.3 Å². The molecule has 0 saturated heterocycles. The zero-order chi connectivity index (χ0) is 18.7. The van der Waals surface area contributed by atoms with Crippen molar-refractivity contribution < 1.29 is 29.0 Å². The number of nitriles is 1. The Morgan fingerprint density at radius 2 is 1.84 bits per heavy atom. The first kappa shape index (κ1) is 17.6. The summed E-state index contributed by atoms with van der Waals surface area (Å²) in [6, 6.07) is 5.56. The van der Waals surface area contributed by atoms with Crippen LogP contribution in [-0.2, 0) is 9.47 Å². The van der Waals surface area contributed by atoms with Crippen LogP contribution in [0.15, 0.2) is 24.4 Å². The number of nitrogens with zero attached hydrogens (tertiary/aromatic N) is 2. The van der Waals surface area contributed by atoms with Crippen LogP contribution in [0.1, 0.15) is 36.8 Å². The first-order valence-electron chi connectivity index (χ1n) is 6.81. The summed E-state index contributed by atoms with van der Waals surface area (Å²) in [5.41, 5.74) is 5.21. The molecule has 0 amide bonds. The number of nitrogen functional groups attached to an aromatic ring is 1. The van der Waals surface area contributed by atoms with Gasteiger partial charge in [-0.3, -0.25) is 0 Å². The van der Waals surface area contributed by atoms with Crippen LogP contribution in [0, 0.1) is 11.3 Å². The van der Waals surface area contributed by atoms with Gasteiger partial charge in [-0.25, -0.2) is 14.4 Å². The fourth-order valence-corrected chi connectivity index (χ4v) is 2.27. The number of methoxy groups -OCH3 is 2. The van der Waals surface area contributed by atoms with Crippen LogP contribution >= 0.6 is 0 Å². The van der Waals surface area contributed by atoms with Crippen molar-refractivity contribution in [3.63, 3.8) is 0 Å². The number of ether oxygens (including phenoxy) is 2. The van der Waals surface area contributed by atoms with Crippen LogP contribution in [0.25, 0.3) is 5.69 Å². The number of hydrogen-bond donors (Lipinski definition) is 2. The lowest BCUT2D eigenvalue weighted by molar-refractivity contribution is 0.0585. The van der Waals surface area contributed by atoms with Crippen molar-refractivity contribution in [2.75, 3.05) is 20.0 Å². The van der Waals surface area contributed by atoms with Crippen LogP contribution in [-0.4, -0.2) is 41.8 Å². The van der Waals surface area contributed by atoms with Gasteiger partial charge in [0.05, 0.1) is 42.3 Å². The summed E-state index contributed by atoms with van der Waals surface area (Å²) in [5, 5.41) is 18.6. The Kier molecular flexibility index (Phi) is 4.74. The summed E-state index contributed by atoms with van der Waals surface area (Å²) in [7, 11) is 2.29. The number of aromatic carboxylic acids is 1. The molecule has 1 heterocycles. The Morgan fingerprint density at radius 1 is 1.20 bits per heavy atom. The Labute approximate surface area is 141 Å². The highest BCUT2D eigenvalue weighted by Crippen LogP contribution is 2.27. The SMILES string of the molecule is COC(=O)c1ccc(-n2cc(C#N)c(N)c2C(=O)OC)c(C(=O)O)c1. The van der Waals surface area contributed by atoms with Crippen molar-refractivity contribution in [3.8, 4) is 11.8 Å². The van der Waals surface area contributed by atoms with E-state index in [1.807, 2.05) is 6.07 Å². The van der Waals surface area contributed by atoms with Crippen LogP contribution in [0.4, 0.5) is 5.69 Å². The number of nitrogens with two attached hydrogens (primary N) is 1. The van der Waals surface area contributed by atoms with Gasteiger partial charge in [-0.05, 0) is 18.2 Å². The Bertz CT molecular complexity index is 923. The number of benzene rings is 1. The maximum absolute atomic E-state index is 12.0. The highest BCUT2D eigenvalue weighted by molar-refractivity contribution is 6.00. The van der Waals surface area contributed by atoms with Crippen LogP contribution in [0.3, 0.4) is 0 Å². The quantitative estimate of drug-likeness (QED) is 0.788. The number of aromatic nitrogens is 1. The number of carboxylic acid groups (broad SMARTS) is 1. The van der Waals surface area contributed by atoms with E-state index >= 15 is 0 Å². The second-order valence-electron chi connectivity index (χ2n) is 4.81. The summed E-state index contributed by atoms with van der Waals surface area (Å²) in [6.07, 6.45) is 1.22. The molecule has 9 nitrogen and oxygen atoms in total. The third-order valence-electron chi connectivity index (χ3n) is 3.45. The van der Waals surface area contributed by atoms with E-state index in [-0.39, 0.29) is 33.8 Å². The Morgan fingerprint density at radius 3 is 2.36 bits per heavy atom. The van der Waals surface area contributed by atoms with Gasteiger partial charge in [0.25, 0.3) is 0 Å². The summed E-state index contributed by atoms with van der Waals surface area (Å²) in [5.74, 6) is -2.90. The smallest absolute Gasteiger partial charge is 0.357 e. The van der Waals surface area contributed by atoms with E-state index in [4.69, 9.17) is 11.0 Å².